The van der Waals surface area contributed by atoms with Gasteiger partial charge in [-0.05, 0) is 42.6 Å². The second-order valence-corrected chi connectivity index (χ2v) is 5.42. The lowest BCUT2D eigenvalue weighted by Crippen LogP contribution is -2.53. The van der Waals surface area contributed by atoms with Gasteiger partial charge in [0.15, 0.2) is 0 Å². The molecule has 2 heterocycles. The topological polar surface area (TPSA) is 18.5 Å². The lowest BCUT2D eigenvalue weighted by molar-refractivity contribution is -0.137. The zero-order chi connectivity index (χ0) is 15.6. The van der Waals surface area contributed by atoms with Gasteiger partial charge in [0.1, 0.15) is 0 Å². The zero-order valence-corrected chi connectivity index (χ0v) is 12.1. The number of allylic oxidation sites excluding steroid dienone is 2. The average Bonchev–Trinajstić information content (AvgIpc) is 2.55. The molecule has 2 aliphatic rings. The summed E-state index contributed by atoms with van der Waals surface area (Å²) in [4.78, 5) is 4.44. The van der Waals surface area contributed by atoms with Gasteiger partial charge in [0.05, 0.1) is 11.7 Å². The molecule has 0 bridgehead atoms. The minimum atomic E-state index is -4.27. The van der Waals surface area contributed by atoms with Gasteiger partial charge in [0.25, 0.3) is 0 Å². The number of benzene rings is 1. The number of nitrogens with zero attached hydrogens (tertiary/aromatic N) is 2. The van der Waals surface area contributed by atoms with Crippen molar-refractivity contribution < 1.29 is 13.2 Å². The molecule has 1 aromatic rings. The molecule has 1 unspecified atom stereocenters. The van der Waals surface area contributed by atoms with Crippen LogP contribution in [0.2, 0.25) is 0 Å². The van der Waals surface area contributed by atoms with Crippen LogP contribution in [0.3, 0.4) is 0 Å². The van der Waals surface area contributed by atoms with Crippen LogP contribution in [0.15, 0.2) is 48.7 Å². The molecule has 1 N–H and O–H groups in total. The molecule has 0 aliphatic carbocycles. The Morgan fingerprint density at radius 3 is 2.18 bits per heavy atom. The average molecular weight is 309 g/mol. The van der Waals surface area contributed by atoms with Crippen LogP contribution in [0, 0.1) is 0 Å². The molecule has 0 spiro atoms. The number of rotatable bonds is 2. The van der Waals surface area contributed by atoms with Crippen LogP contribution in [0.1, 0.15) is 5.56 Å². The molecule has 0 radical (unpaired) electrons. The van der Waals surface area contributed by atoms with Gasteiger partial charge in [-0.25, -0.2) is 0 Å². The van der Waals surface area contributed by atoms with E-state index < -0.39 is 11.7 Å². The van der Waals surface area contributed by atoms with Crippen molar-refractivity contribution in [3.8, 4) is 0 Å². The van der Waals surface area contributed by atoms with Crippen molar-refractivity contribution in [3.63, 3.8) is 0 Å². The van der Waals surface area contributed by atoms with Gasteiger partial charge >= 0.3 is 6.18 Å². The van der Waals surface area contributed by atoms with Crippen molar-refractivity contribution >= 4 is 5.69 Å². The fraction of sp³-hybridized carbons (Fsp3) is 0.375. The maximum Gasteiger partial charge on any atom is 0.416 e. The highest BCUT2D eigenvalue weighted by Crippen LogP contribution is 2.30. The summed E-state index contributed by atoms with van der Waals surface area (Å²) >= 11 is 0. The van der Waals surface area contributed by atoms with E-state index >= 15 is 0 Å². The minimum absolute atomic E-state index is 0.208. The molecule has 3 rings (SSSR count). The van der Waals surface area contributed by atoms with Crippen LogP contribution < -0.4 is 10.2 Å². The van der Waals surface area contributed by atoms with E-state index in [9.17, 15) is 13.2 Å². The third-order valence-electron chi connectivity index (χ3n) is 4.04. The van der Waals surface area contributed by atoms with Crippen LogP contribution in [-0.4, -0.2) is 37.2 Å². The second kappa shape index (κ2) is 6.04. The van der Waals surface area contributed by atoms with Gasteiger partial charge < -0.3 is 10.2 Å². The summed E-state index contributed by atoms with van der Waals surface area (Å²) in [6, 6.07) is 5.41. The highest BCUT2D eigenvalue weighted by atomic mass is 19.4. The van der Waals surface area contributed by atoms with Gasteiger partial charge in [-0.2, -0.15) is 13.2 Å². The van der Waals surface area contributed by atoms with Gasteiger partial charge in [0.2, 0.25) is 0 Å². The maximum atomic E-state index is 12.6. The third-order valence-corrected chi connectivity index (χ3v) is 4.04. The molecule has 1 saturated heterocycles. The molecule has 0 saturated carbocycles. The van der Waals surface area contributed by atoms with Gasteiger partial charge in [-0.15, -0.1) is 0 Å². The van der Waals surface area contributed by atoms with Gasteiger partial charge in [0, 0.05) is 31.9 Å². The minimum Gasteiger partial charge on any atom is -0.372 e. The molecule has 1 aromatic carbocycles. The number of hydrogen-bond acceptors (Lipinski definition) is 3. The second-order valence-electron chi connectivity index (χ2n) is 5.42. The van der Waals surface area contributed by atoms with E-state index in [4.69, 9.17) is 0 Å². The Morgan fingerprint density at radius 1 is 0.955 bits per heavy atom. The Morgan fingerprint density at radius 2 is 1.64 bits per heavy atom. The molecular formula is C16H18F3N3. The van der Waals surface area contributed by atoms with Crippen molar-refractivity contribution in [2.45, 2.75) is 12.3 Å². The third kappa shape index (κ3) is 3.27. The van der Waals surface area contributed by atoms with Crippen molar-refractivity contribution in [1.29, 1.82) is 0 Å². The Labute approximate surface area is 127 Å². The quantitative estimate of drug-likeness (QED) is 0.906. The van der Waals surface area contributed by atoms with Crippen molar-refractivity contribution in [1.82, 2.24) is 10.2 Å². The molecule has 1 atom stereocenters. The maximum absolute atomic E-state index is 12.6. The highest BCUT2D eigenvalue weighted by Gasteiger charge is 2.30. The van der Waals surface area contributed by atoms with Crippen LogP contribution >= 0.6 is 0 Å². The number of anilines is 1. The van der Waals surface area contributed by atoms with Crippen molar-refractivity contribution in [2.24, 2.45) is 0 Å². The first-order valence-electron chi connectivity index (χ1n) is 7.30. The molecule has 0 aromatic heterocycles. The van der Waals surface area contributed by atoms with E-state index in [1.807, 2.05) is 18.4 Å². The van der Waals surface area contributed by atoms with E-state index in [1.165, 1.54) is 0 Å². The molecular weight excluding hydrogens is 291 g/mol. The van der Waals surface area contributed by atoms with E-state index in [1.54, 1.807) is 12.1 Å². The smallest absolute Gasteiger partial charge is 0.372 e. The van der Waals surface area contributed by atoms with Crippen molar-refractivity contribution in [2.75, 3.05) is 31.1 Å². The summed E-state index contributed by atoms with van der Waals surface area (Å²) in [5.74, 6) is 0. The fourth-order valence-corrected chi connectivity index (χ4v) is 2.78. The first-order valence-corrected chi connectivity index (χ1v) is 7.30. The standard InChI is InChI=1S/C16H18F3N3/c17-16(18,19)13-4-6-14(7-5-13)21-9-11-22(12-10-21)15-3-1-2-8-20-15/h1-8,15,20H,9-12H2. The summed E-state index contributed by atoms with van der Waals surface area (Å²) in [7, 11) is 0. The molecule has 6 heteroatoms. The first kappa shape index (κ1) is 15.0. The highest BCUT2D eigenvalue weighted by molar-refractivity contribution is 5.48. The number of hydrogen-bond donors (Lipinski definition) is 1. The Balaban J connectivity index is 1.59. The van der Waals surface area contributed by atoms with E-state index in [2.05, 4.69) is 21.2 Å². The van der Waals surface area contributed by atoms with E-state index in [-0.39, 0.29) is 6.17 Å². The van der Waals surface area contributed by atoms with Gasteiger partial charge in [-0.3, -0.25) is 4.90 Å². The van der Waals surface area contributed by atoms with Crippen LogP contribution in [0.25, 0.3) is 0 Å². The summed E-state index contributed by atoms with van der Waals surface area (Å²) in [6.07, 6.45) is 3.93. The molecule has 22 heavy (non-hydrogen) atoms. The Bertz CT molecular complexity index is 555. The molecule has 3 nitrogen and oxygen atoms in total. The van der Waals surface area contributed by atoms with Crippen LogP contribution in [-0.2, 0) is 6.18 Å². The zero-order valence-electron chi connectivity index (χ0n) is 12.1. The molecule has 1 fully saturated rings. The number of piperazine rings is 1. The molecule has 2 aliphatic heterocycles. The van der Waals surface area contributed by atoms with Crippen LogP contribution in [0.5, 0.6) is 0 Å². The monoisotopic (exact) mass is 309 g/mol. The van der Waals surface area contributed by atoms with Crippen LogP contribution in [0.4, 0.5) is 18.9 Å². The summed E-state index contributed by atoms with van der Waals surface area (Å²) in [6.45, 7) is 3.36. The summed E-state index contributed by atoms with van der Waals surface area (Å²) < 4.78 is 37.7. The summed E-state index contributed by atoms with van der Waals surface area (Å²) in [5.41, 5.74) is 0.248. The normalized spacial score (nSPS) is 22.7. The first-order chi connectivity index (χ1) is 10.5. The largest absolute Gasteiger partial charge is 0.416 e. The number of dihydropyridines is 1. The Hall–Kier alpha value is -1.95. The summed E-state index contributed by atoms with van der Waals surface area (Å²) in [5, 5.41) is 3.28. The lowest BCUT2D eigenvalue weighted by Gasteiger charge is -2.39. The SMILES string of the molecule is FC(F)(F)c1ccc(N2CCN(C3C=CC=CN3)CC2)cc1. The lowest BCUT2D eigenvalue weighted by atomic mass is 10.1. The van der Waals surface area contributed by atoms with Gasteiger partial charge in [-0.1, -0.05) is 6.08 Å². The van der Waals surface area contributed by atoms with E-state index in [0.717, 1.165) is 44.0 Å². The number of nitrogens with one attached hydrogen (secondary N) is 1. The molecule has 0 amide bonds. The number of halogens is 3. The molecule has 118 valence electrons. The predicted octanol–water partition coefficient (Wildman–Crippen LogP) is 2.83. The predicted molar refractivity (Wildman–Crippen MR) is 80.4 cm³/mol. The van der Waals surface area contributed by atoms with E-state index in [0.29, 0.717) is 0 Å². The fourth-order valence-electron chi connectivity index (χ4n) is 2.78. The van der Waals surface area contributed by atoms with Crippen molar-refractivity contribution in [3.05, 3.63) is 54.3 Å². The Kier molecular flexibility index (Phi) is 4.11. The number of alkyl halides is 3.